The van der Waals surface area contributed by atoms with Crippen molar-refractivity contribution in [3.63, 3.8) is 0 Å². The van der Waals surface area contributed by atoms with Gasteiger partial charge in [0.05, 0.1) is 12.7 Å². The Morgan fingerprint density at radius 1 is 1.44 bits per heavy atom. The monoisotopic (exact) mass is 255 g/mol. The van der Waals surface area contributed by atoms with Gasteiger partial charge >= 0.3 is 0 Å². The van der Waals surface area contributed by atoms with Crippen LogP contribution in [0.4, 0.5) is 8.78 Å². The van der Waals surface area contributed by atoms with Crippen LogP contribution in [0.2, 0.25) is 0 Å². The fourth-order valence-corrected chi connectivity index (χ4v) is 2.59. The second-order valence-electron chi connectivity index (χ2n) is 4.84. The molecule has 0 spiro atoms. The molecule has 0 bridgehead atoms. The Hall–Kier alpha value is -1.00. The minimum absolute atomic E-state index is 0.111. The van der Waals surface area contributed by atoms with Crippen LogP contribution in [-0.2, 0) is 4.74 Å². The van der Waals surface area contributed by atoms with Crippen molar-refractivity contribution < 1.29 is 13.5 Å². The number of halogens is 2. The van der Waals surface area contributed by atoms with Crippen molar-refractivity contribution >= 4 is 0 Å². The zero-order chi connectivity index (χ0) is 13.1. The topological polar surface area (TPSA) is 21.3 Å². The summed E-state index contributed by atoms with van der Waals surface area (Å²) in [5.41, 5.74) is 0.529. The molecular weight excluding hydrogens is 236 g/mol. The first-order valence-corrected chi connectivity index (χ1v) is 6.41. The third-order valence-corrected chi connectivity index (χ3v) is 3.42. The van der Waals surface area contributed by atoms with Gasteiger partial charge in [-0.1, -0.05) is 13.0 Å². The van der Waals surface area contributed by atoms with Gasteiger partial charge in [0.15, 0.2) is 0 Å². The molecule has 3 unspecified atom stereocenters. The molecule has 1 N–H and O–H groups in total. The summed E-state index contributed by atoms with van der Waals surface area (Å²) in [6.45, 7) is 5.36. The zero-order valence-corrected chi connectivity index (χ0v) is 10.7. The Morgan fingerprint density at radius 3 is 2.78 bits per heavy atom. The molecule has 2 nitrogen and oxygen atoms in total. The van der Waals surface area contributed by atoms with Gasteiger partial charge in [-0.15, -0.1) is 0 Å². The maximum Gasteiger partial charge on any atom is 0.130 e. The number of ether oxygens (including phenoxy) is 1. The van der Waals surface area contributed by atoms with E-state index in [0.717, 1.165) is 19.0 Å². The van der Waals surface area contributed by atoms with Crippen molar-refractivity contribution in [1.29, 1.82) is 0 Å². The minimum atomic E-state index is -0.539. The van der Waals surface area contributed by atoms with Gasteiger partial charge < -0.3 is 10.1 Å². The van der Waals surface area contributed by atoms with E-state index in [9.17, 15) is 8.78 Å². The van der Waals surface area contributed by atoms with Gasteiger partial charge in [0.25, 0.3) is 0 Å². The Labute approximate surface area is 106 Å². The van der Waals surface area contributed by atoms with Gasteiger partial charge in [0.1, 0.15) is 11.6 Å². The molecular formula is C14H19F2NO. The van der Waals surface area contributed by atoms with Gasteiger partial charge in [-0.3, -0.25) is 0 Å². The molecule has 2 rings (SSSR count). The average molecular weight is 255 g/mol. The molecule has 1 heterocycles. The SMILES string of the molecule is CCNC(c1ccc(F)cc1F)C1COC(C)C1. The Kier molecular flexibility index (Phi) is 4.30. The number of hydrogen-bond acceptors (Lipinski definition) is 2. The van der Waals surface area contributed by atoms with E-state index in [2.05, 4.69) is 5.32 Å². The standard InChI is InChI=1S/C14H19F2NO/c1-3-17-14(10-6-9(2)18-8-10)12-5-4-11(15)7-13(12)16/h4-5,7,9-10,14,17H,3,6,8H2,1-2H3. The van der Waals surface area contributed by atoms with E-state index >= 15 is 0 Å². The van der Waals surface area contributed by atoms with Crippen LogP contribution in [0.25, 0.3) is 0 Å². The van der Waals surface area contributed by atoms with Crippen LogP contribution in [-0.4, -0.2) is 19.3 Å². The second kappa shape index (κ2) is 5.76. The highest BCUT2D eigenvalue weighted by molar-refractivity contribution is 5.23. The first-order valence-electron chi connectivity index (χ1n) is 6.41. The predicted octanol–water partition coefficient (Wildman–Crippen LogP) is 3.04. The molecule has 0 aliphatic carbocycles. The summed E-state index contributed by atoms with van der Waals surface area (Å²) >= 11 is 0. The van der Waals surface area contributed by atoms with Gasteiger partial charge in [-0.05, 0) is 26.0 Å². The maximum atomic E-state index is 13.9. The van der Waals surface area contributed by atoms with Crippen LogP contribution < -0.4 is 5.32 Å². The third-order valence-electron chi connectivity index (χ3n) is 3.42. The van der Waals surface area contributed by atoms with Crippen LogP contribution in [0.5, 0.6) is 0 Å². The normalized spacial score (nSPS) is 25.3. The first kappa shape index (κ1) is 13.4. The van der Waals surface area contributed by atoms with E-state index in [-0.39, 0.29) is 18.1 Å². The summed E-state index contributed by atoms with van der Waals surface area (Å²) in [4.78, 5) is 0. The Balaban J connectivity index is 2.23. The summed E-state index contributed by atoms with van der Waals surface area (Å²) < 4.78 is 32.3. The summed E-state index contributed by atoms with van der Waals surface area (Å²) in [5, 5.41) is 3.28. The summed E-state index contributed by atoms with van der Waals surface area (Å²) in [7, 11) is 0. The molecule has 3 atom stereocenters. The minimum Gasteiger partial charge on any atom is -0.378 e. The molecule has 1 saturated heterocycles. The van der Waals surface area contributed by atoms with Gasteiger partial charge in [-0.25, -0.2) is 8.78 Å². The summed E-state index contributed by atoms with van der Waals surface area (Å²) in [5.74, 6) is -0.789. The van der Waals surface area contributed by atoms with E-state index in [4.69, 9.17) is 4.74 Å². The lowest BCUT2D eigenvalue weighted by molar-refractivity contribution is 0.116. The van der Waals surface area contributed by atoms with Crippen LogP contribution in [0, 0.1) is 17.6 Å². The summed E-state index contributed by atoms with van der Waals surface area (Å²) in [6, 6.07) is 3.67. The molecule has 1 aliphatic heterocycles. The average Bonchev–Trinajstić information content (AvgIpc) is 2.73. The highest BCUT2D eigenvalue weighted by Gasteiger charge is 2.31. The number of rotatable bonds is 4. The molecule has 1 aromatic carbocycles. The second-order valence-corrected chi connectivity index (χ2v) is 4.84. The van der Waals surface area contributed by atoms with E-state index in [1.54, 1.807) is 0 Å². The van der Waals surface area contributed by atoms with Crippen molar-refractivity contribution in [3.05, 3.63) is 35.4 Å². The molecule has 4 heteroatoms. The van der Waals surface area contributed by atoms with Crippen molar-refractivity contribution in [1.82, 2.24) is 5.32 Å². The highest BCUT2D eigenvalue weighted by atomic mass is 19.1. The Morgan fingerprint density at radius 2 is 2.22 bits per heavy atom. The smallest absolute Gasteiger partial charge is 0.130 e. The molecule has 100 valence electrons. The van der Waals surface area contributed by atoms with Crippen molar-refractivity contribution in [2.75, 3.05) is 13.2 Å². The first-order chi connectivity index (χ1) is 8.61. The predicted molar refractivity (Wildman–Crippen MR) is 66.3 cm³/mol. The largest absolute Gasteiger partial charge is 0.378 e. The van der Waals surface area contributed by atoms with Crippen LogP contribution in [0.15, 0.2) is 18.2 Å². The van der Waals surface area contributed by atoms with E-state index in [1.165, 1.54) is 12.1 Å². The zero-order valence-electron chi connectivity index (χ0n) is 10.7. The molecule has 0 radical (unpaired) electrons. The van der Waals surface area contributed by atoms with Gasteiger partial charge in [0, 0.05) is 23.6 Å². The van der Waals surface area contributed by atoms with Crippen LogP contribution >= 0.6 is 0 Å². The number of hydrogen-bond donors (Lipinski definition) is 1. The van der Waals surface area contributed by atoms with Crippen LogP contribution in [0.3, 0.4) is 0 Å². The van der Waals surface area contributed by atoms with Gasteiger partial charge in [-0.2, -0.15) is 0 Å². The molecule has 0 saturated carbocycles. The molecule has 1 aliphatic rings. The van der Waals surface area contributed by atoms with E-state index in [0.29, 0.717) is 12.2 Å². The lowest BCUT2D eigenvalue weighted by atomic mass is 9.90. The fraction of sp³-hybridized carbons (Fsp3) is 0.571. The fourth-order valence-electron chi connectivity index (χ4n) is 2.59. The molecule has 18 heavy (non-hydrogen) atoms. The Bertz CT molecular complexity index is 411. The van der Waals surface area contributed by atoms with Gasteiger partial charge in [0.2, 0.25) is 0 Å². The highest BCUT2D eigenvalue weighted by Crippen LogP contribution is 2.33. The summed E-state index contributed by atoms with van der Waals surface area (Å²) in [6.07, 6.45) is 1.11. The lowest BCUT2D eigenvalue weighted by Gasteiger charge is -2.24. The maximum absolute atomic E-state index is 13.9. The van der Waals surface area contributed by atoms with Crippen molar-refractivity contribution in [2.24, 2.45) is 5.92 Å². The third kappa shape index (κ3) is 2.87. The van der Waals surface area contributed by atoms with Crippen molar-refractivity contribution in [2.45, 2.75) is 32.4 Å². The lowest BCUT2D eigenvalue weighted by Crippen LogP contribution is -2.29. The van der Waals surface area contributed by atoms with E-state index < -0.39 is 11.6 Å². The van der Waals surface area contributed by atoms with Crippen LogP contribution in [0.1, 0.15) is 31.9 Å². The molecule has 0 amide bonds. The molecule has 1 fully saturated rings. The number of benzene rings is 1. The van der Waals surface area contributed by atoms with E-state index in [1.807, 2.05) is 13.8 Å². The number of nitrogens with one attached hydrogen (secondary N) is 1. The quantitative estimate of drug-likeness (QED) is 0.893. The molecule has 0 aromatic heterocycles. The molecule has 1 aromatic rings. The van der Waals surface area contributed by atoms with Crippen molar-refractivity contribution in [3.8, 4) is 0 Å².